The first-order valence-corrected chi connectivity index (χ1v) is 12.0. The molecule has 0 radical (unpaired) electrons. The minimum atomic E-state index is -0.569. The van der Waals surface area contributed by atoms with Crippen LogP contribution >= 0.6 is 39.7 Å². The van der Waals surface area contributed by atoms with E-state index in [-0.39, 0.29) is 10.7 Å². The average molecular weight is 575 g/mol. The molecule has 1 saturated heterocycles. The smallest absolute Gasteiger partial charge is 0.270 e. The van der Waals surface area contributed by atoms with Crippen molar-refractivity contribution in [2.75, 3.05) is 19.1 Å². The molecule has 2 amide bonds. The molecule has 2 aromatic carbocycles. The number of carbonyl (C=O) groups excluding carboxylic acids is 2. The van der Waals surface area contributed by atoms with Crippen LogP contribution in [0.5, 0.6) is 11.5 Å². The molecule has 0 aliphatic carbocycles. The van der Waals surface area contributed by atoms with Gasteiger partial charge in [0.2, 0.25) is 0 Å². The lowest BCUT2D eigenvalue weighted by molar-refractivity contribution is -0.122. The summed E-state index contributed by atoms with van der Waals surface area (Å²) in [6.07, 6.45) is 1.57. The number of nitrogens with zero attached hydrogens (tertiary/aromatic N) is 2. The minimum absolute atomic E-state index is 0.0319. The van der Waals surface area contributed by atoms with Gasteiger partial charge in [0.15, 0.2) is 5.11 Å². The molecule has 0 bridgehead atoms. The maximum atomic E-state index is 13.5. The highest BCUT2D eigenvalue weighted by Gasteiger charge is 2.36. The van der Waals surface area contributed by atoms with Crippen molar-refractivity contribution in [2.45, 2.75) is 13.8 Å². The van der Waals surface area contributed by atoms with Crippen LogP contribution in [0.3, 0.4) is 0 Å². The summed E-state index contributed by atoms with van der Waals surface area (Å²) in [6, 6.07) is 12.5. The summed E-state index contributed by atoms with van der Waals surface area (Å²) in [4.78, 5) is 27.6. The molecule has 2 heterocycles. The fraction of sp³-hybridized carbons (Fsp3) is 0.160. The number of amides is 2. The number of hydrogen-bond acceptors (Lipinski definition) is 5. The van der Waals surface area contributed by atoms with Crippen LogP contribution in [0, 0.1) is 13.8 Å². The second-order valence-electron chi connectivity index (χ2n) is 7.76. The van der Waals surface area contributed by atoms with Crippen LogP contribution < -0.4 is 19.7 Å². The molecule has 7 nitrogen and oxygen atoms in total. The van der Waals surface area contributed by atoms with Crippen molar-refractivity contribution in [1.82, 2.24) is 9.88 Å². The molecule has 0 spiro atoms. The Bertz CT molecular complexity index is 1420. The number of benzene rings is 2. The van der Waals surface area contributed by atoms with Crippen molar-refractivity contribution >= 4 is 68.4 Å². The normalized spacial score (nSPS) is 15.0. The van der Waals surface area contributed by atoms with E-state index < -0.39 is 11.8 Å². The van der Waals surface area contributed by atoms with Crippen molar-refractivity contribution in [3.05, 3.63) is 74.5 Å². The third kappa shape index (κ3) is 4.59. The second-order valence-corrected chi connectivity index (χ2v) is 9.40. The molecule has 10 heteroatoms. The van der Waals surface area contributed by atoms with Gasteiger partial charge in [0.1, 0.15) is 17.1 Å². The van der Waals surface area contributed by atoms with Gasteiger partial charge in [-0.1, -0.05) is 11.6 Å². The zero-order valence-corrected chi connectivity index (χ0v) is 22.5. The molecule has 1 fully saturated rings. The zero-order valence-electron chi connectivity index (χ0n) is 19.3. The highest BCUT2D eigenvalue weighted by atomic mass is 79.9. The van der Waals surface area contributed by atoms with Crippen LogP contribution in [0.2, 0.25) is 5.02 Å². The number of nitrogens with one attached hydrogen (secondary N) is 1. The van der Waals surface area contributed by atoms with Gasteiger partial charge in [-0.3, -0.25) is 14.9 Å². The largest absolute Gasteiger partial charge is 0.497 e. The fourth-order valence-electron chi connectivity index (χ4n) is 3.96. The molecule has 0 atom stereocenters. The quantitative estimate of drug-likeness (QED) is 0.252. The Kier molecular flexibility index (Phi) is 7.02. The van der Waals surface area contributed by atoms with Crippen LogP contribution in [0.15, 0.2) is 52.5 Å². The maximum absolute atomic E-state index is 13.5. The maximum Gasteiger partial charge on any atom is 0.270 e. The summed E-state index contributed by atoms with van der Waals surface area (Å²) in [6.45, 7) is 3.85. The van der Waals surface area contributed by atoms with E-state index >= 15 is 0 Å². The monoisotopic (exact) mass is 573 g/mol. The number of anilines is 1. The molecule has 1 N–H and O–H groups in total. The summed E-state index contributed by atoms with van der Waals surface area (Å²) in [5.74, 6) is -0.193. The molecule has 180 valence electrons. The average Bonchev–Trinajstić information content (AvgIpc) is 3.11. The summed E-state index contributed by atoms with van der Waals surface area (Å²) >= 11 is 15.0. The number of methoxy groups -OCH3 is 2. The summed E-state index contributed by atoms with van der Waals surface area (Å²) in [5.41, 5.74) is 3.68. The molecule has 35 heavy (non-hydrogen) atoms. The summed E-state index contributed by atoms with van der Waals surface area (Å²) in [5, 5.41) is 3.15. The number of aryl methyl sites for hydroxylation is 1. The summed E-state index contributed by atoms with van der Waals surface area (Å²) in [7, 11) is 3.01. The number of aromatic nitrogens is 1. The number of halogens is 2. The van der Waals surface area contributed by atoms with Crippen LogP contribution in [-0.2, 0) is 9.59 Å². The summed E-state index contributed by atoms with van der Waals surface area (Å²) < 4.78 is 13.5. The van der Waals surface area contributed by atoms with Gasteiger partial charge in [0, 0.05) is 27.6 Å². The molecule has 0 saturated carbocycles. The van der Waals surface area contributed by atoms with E-state index in [1.807, 2.05) is 42.7 Å². The van der Waals surface area contributed by atoms with Crippen molar-refractivity contribution in [1.29, 1.82) is 0 Å². The molecule has 1 aliphatic rings. The highest BCUT2D eigenvalue weighted by Crippen LogP contribution is 2.35. The topological polar surface area (TPSA) is 72.8 Å². The number of thiocarbonyl (C=S) groups is 1. The molecule has 1 aromatic heterocycles. The molecule has 4 rings (SSSR count). The number of carbonyl (C=O) groups is 2. The first-order valence-electron chi connectivity index (χ1n) is 10.4. The third-order valence-electron chi connectivity index (χ3n) is 5.66. The van der Waals surface area contributed by atoms with Crippen LogP contribution in [0.4, 0.5) is 5.69 Å². The number of hydrogen-bond donors (Lipinski definition) is 1. The number of ether oxygens (including phenoxy) is 2. The van der Waals surface area contributed by atoms with Crippen molar-refractivity contribution < 1.29 is 19.1 Å². The van der Waals surface area contributed by atoms with Crippen molar-refractivity contribution in [2.24, 2.45) is 0 Å². The van der Waals surface area contributed by atoms with Crippen molar-refractivity contribution in [3.8, 4) is 17.2 Å². The van der Waals surface area contributed by atoms with Gasteiger partial charge in [0.05, 0.1) is 24.9 Å². The van der Waals surface area contributed by atoms with E-state index in [1.54, 1.807) is 24.3 Å². The van der Waals surface area contributed by atoms with E-state index in [0.29, 0.717) is 22.2 Å². The second kappa shape index (κ2) is 9.85. The Balaban J connectivity index is 1.78. The lowest BCUT2D eigenvalue weighted by Gasteiger charge is -2.30. The van der Waals surface area contributed by atoms with E-state index in [9.17, 15) is 9.59 Å². The molecular formula is C25H21BrClN3O4S. The van der Waals surface area contributed by atoms with E-state index in [2.05, 4.69) is 21.2 Å². The van der Waals surface area contributed by atoms with Gasteiger partial charge < -0.3 is 14.0 Å². The van der Waals surface area contributed by atoms with Gasteiger partial charge in [0.25, 0.3) is 11.8 Å². The van der Waals surface area contributed by atoms with Crippen molar-refractivity contribution in [3.63, 3.8) is 0 Å². The van der Waals surface area contributed by atoms with Gasteiger partial charge in [-0.2, -0.15) is 0 Å². The van der Waals surface area contributed by atoms with Crippen LogP contribution in [0.1, 0.15) is 17.0 Å². The number of rotatable bonds is 5. The fourth-order valence-corrected chi connectivity index (χ4v) is 4.65. The highest BCUT2D eigenvalue weighted by molar-refractivity contribution is 9.10. The molecule has 1 aliphatic heterocycles. The first kappa shape index (κ1) is 25.0. The predicted octanol–water partition coefficient (Wildman–Crippen LogP) is 5.36. The lowest BCUT2D eigenvalue weighted by atomic mass is 10.1. The lowest BCUT2D eigenvalue weighted by Crippen LogP contribution is -2.54. The van der Waals surface area contributed by atoms with E-state index in [1.165, 1.54) is 19.1 Å². The van der Waals surface area contributed by atoms with Gasteiger partial charge in [-0.25, -0.2) is 4.90 Å². The Labute approximate surface area is 221 Å². The predicted molar refractivity (Wildman–Crippen MR) is 144 cm³/mol. The molecule has 3 aromatic rings. The van der Waals surface area contributed by atoms with Crippen LogP contribution in [-0.4, -0.2) is 35.7 Å². The van der Waals surface area contributed by atoms with Gasteiger partial charge >= 0.3 is 0 Å². The van der Waals surface area contributed by atoms with Gasteiger partial charge in [-0.15, -0.1) is 0 Å². The standard InChI is InChI=1S/C25H21BrClN3O4S/c1-13-9-15(14(2)29(13)16-5-7-19(26)20(27)11-16)10-18-23(31)28-25(35)30(24(18)32)21-8-6-17(33-3)12-22(21)34-4/h5-12H,1-4H3,(H,28,31,35)/b18-10+. The van der Waals surface area contributed by atoms with E-state index in [0.717, 1.165) is 27.1 Å². The minimum Gasteiger partial charge on any atom is -0.497 e. The van der Waals surface area contributed by atoms with Gasteiger partial charge in [-0.05, 0) is 90.0 Å². The Hall–Kier alpha value is -3.14. The zero-order chi connectivity index (χ0) is 25.4. The first-order chi connectivity index (χ1) is 16.7. The Morgan fingerprint density at radius 1 is 1.06 bits per heavy atom. The Morgan fingerprint density at radius 2 is 1.80 bits per heavy atom. The molecular weight excluding hydrogens is 554 g/mol. The van der Waals surface area contributed by atoms with Crippen LogP contribution in [0.25, 0.3) is 11.8 Å². The van der Waals surface area contributed by atoms with E-state index in [4.69, 9.17) is 33.3 Å². The third-order valence-corrected chi connectivity index (χ3v) is 7.18. The molecule has 0 unspecified atom stereocenters. The Morgan fingerprint density at radius 3 is 2.46 bits per heavy atom. The SMILES string of the molecule is COc1ccc(N2C(=O)/C(=C/c3cc(C)n(-c4ccc(Br)c(Cl)c4)c3C)C(=O)NC2=S)c(OC)c1.